The van der Waals surface area contributed by atoms with Crippen molar-refractivity contribution in [3.05, 3.63) is 59.9 Å². The number of carbonyl (C=O) groups is 1. The van der Waals surface area contributed by atoms with E-state index in [1.807, 2.05) is 6.92 Å². The third kappa shape index (κ3) is 4.78. The van der Waals surface area contributed by atoms with Crippen molar-refractivity contribution in [3.63, 3.8) is 0 Å². The number of rotatable bonds is 8. The molecule has 2 heterocycles. The Hall–Kier alpha value is -3.70. The van der Waals surface area contributed by atoms with Gasteiger partial charge in [-0.2, -0.15) is 15.0 Å². The average molecular weight is 391 g/mol. The van der Waals surface area contributed by atoms with Crippen LogP contribution in [0.2, 0.25) is 0 Å². The van der Waals surface area contributed by atoms with Gasteiger partial charge in [-0.3, -0.25) is 4.79 Å². The van der Waals surface area contributed by atoms with Crippen molar-refractivity contribution in [1.82, 2.24) is 20.1 Å². The van der Waals surface area contributed by atoms with Gasteiger partial charge >= 0.3 is 0 Å². The molecule has 8 nitrogen and oxygen atoms in total. The van der Waals surface area contributed by atoms with Crippen molar-refractivity contribution < 1.29 is 14.6 Å². The minimum absolute atomic E-state index is 0.0764. The topological polar surface area (TPSA) is 113 Å². The molecule has 0 aliphatic rings. The zero-order valence-electron chi connectivity index (χ0n) is 16.0. The lowest BCUT2D eigenvalue weighted by molar-refractivity contribution is 0.0915. The molecule has 0 aliphatic heterocycles. The van der Waals surface area contributed by atoms with Crippen LogP contribution < -0.4 is 5.32 Å². The van der Waals surface area contributed by atoms with Crippen LogP contribution in [0.3, 0.4) is 0 Å². The highest BCUT2D eigenvalue weighted by molar-refractivity contribution is 5.93. The number of nitrogens with zero attached hydrogens (tertiary/aromatic N) is 4. The first-order chi connectivity index (χ1) is 14.1. The van der Waals surface area contributed by atoms with Gasteiger partial charge in [-0.1, -0.05) is 19.1 Å². The zero-order valence-corrected chi connectivity index (χ0v) is 16.0. The highest BCUT2D eigenvalue weighted by Crippen LogP contribution is 2.30. The Labute approximate surface area is 168 Å². The second-order valence-electron chi connectivity index (χ2n) is 6.26. The van der Waals surface area contributed by atoms with Gasteiger partial charge in [0.25, 0.3) is 5.91 Å². The van der Waals surface area contributed by atoms with E-state index in [0.29, 0.717) is 42.3 Å². The second kappa shape index (κ2) is 9.48. The van der Waals surface area contributed by atoms with Crippen LogP contribution in [0.5, 0.6) is 5.88 Å². The Balaban J connectivity index is 1.69. The lowest BCUT2D eigenvalue weighted by Crippen LogP contribution is -2.27. The Morgan fingerprint density at radius 2 is 2.00 bits per heavy atom. The van der Waals surface area contributed by atoms with E-state index in [1.54, 1.807) is 36.4 Å². The minimum atomic E-state index is -0.243. The van der Waals surface area contributed by atoms with Crippen molar-refractivity contribution >= 4 is 5.91 Å². The molecule has 0 saturated carbocycles. The number of hydrogen-bond acceptors (Lipinski definition) is 6. The first kappa shape index (κ1) is 20.0. The average Bonchev–Trinajstić information content (AvgIpc) is 3.15. The molecular formula is C21H21N5O3. The molecule has 3 rings (SSSR count). The normalized spacial score (nSPS) is 10.5. The van der Waals surface area contributed by atoms with Gasteiger partial charge in [0, 0.05) is 19.3 Å². The molecule has 29 heavy (non-hydrogen) atoms. The van der Waals surface area contributed by atoms with E-state index in [9.17, 15) is 9.90 Å². The number of aromatic nitrogens is 3. The smallest absolute Gasteiger partial charge is 0.252 e. The molecule has 1 amide bonds. The van der Waals surface area contributed by atoms with Gasteiger partial charge in [0.15, 0.2) is 5.82 Å². The molecule has 0 bridgehead atoms. The number of hydrogen-bond donors (Lipinski definition) is 2. The molecule has 0 atom stereocenters. The molecule has 2 aromatic heterocycles. The van der Waals surface area contributed by atoms with Crippen LogP contribution in [-0.2, 0) is 4.74 Å². The standard InChI is InChI=1S/C21H21N5O3/c1-2-10-29-11-9-23-20(27)17-7-8-19(24-13-17)26-21(28)18(14-25-26)16-5-3-15(12-22)4-6-16/h3-8,13-14,28H,2,9-11H2,1H3,(H,23,27). The monoisotopic (exact) mass is 391 g/mol. The van der Waals surface area contributed by atoms with Gasteiger partial charge in [0.2, 0.25) is 5.88 Å². The first-order valence-electron chi connectivity index (χ1n) is 9.24. The number of nitriles is 1. The Kier molecular flexibility index (Phi) is 6.55. The number of amides is 1. The predicted octanol–water partition coefficient (Wildman–Crippen LogP) is 2.67. The third-order valence-corrected chi connectivity index (χ3v) is 4.18. The summed E-state index contributed by atoms with van der Waals surface area (Å²) in [5, 5.41) is 26.4. The molecule has 0 fully saturated rings. The van der Waals surface area contributed by atoms with E-state index in [4.69, 9.17) is 10.00 Å². The lowest BCUT2D eigenvalue weighted by Gasteiger charge is -2.07. The fraction of sp³-hybridized carbons (Fsp3) is 0.238. The van der Waals surface area contributed by atoms with E-state index in [1.165, 1.54) is 17.1 Å². The van der Waals surface area contributed by atoms with Crippen LogP contribution in [0.15, 0.2) is 48.8 Å². The maximum atomic E-state index is 12.1. The Morgan fingerprint density at radius 1 is 1.21 bits per heavy atom. The summed E-state index contributed by atoms with van der Waals surface area (Å²) in [6.07, 6.45) is 3.89. The van der Waals surface area contributed by atoms with Gasteiger partial charge in [-0.05, 0) is 36.2 Å². The predicted molar refractivity (Wildman–Crippen MR) is 107 cm³/mol. The molecule has 0 saturated heterocycles. The molecule has 2 N–H and O–H groups in total. The summed E-state index contributed by atoms with van der Waals surface area (Å²) >= 11 is 0. The molecular weight excluding hydrogens is 370 g/mol. The van der Waals surface area contributed by atoms with Crippen LogP contribution in [0.1, 0.15) is 29.3 Å². The van der Waals surface area contributed by atoms with Crippen LogP contribution in [0.4, 0.5) is 0 Å². The number of nitrogens with one attached hydrogen (secondary N) is 1. The maximum Gasteiger partial charge on any atom is 0.252 e. The van der Waals surface area contributed by atoms with E-state index < -0.39 is 0 Å². The Morgan fingerprint density at radius 3 is 2.66 bits per heavy atom. The zero-order chi connectivity index (χ0) is 20.6. The van der Waals surface area contributed by atoms with Crippen molar-refractivity contribution in [3.8, 4) is 28.9 Å². The highest BCUT2D eigenvalue weighted by Gasteiger charge is 2.14. The molecule has 3 aromatic rings. The lowest BCUT2D eigenvalue weighted by atomic mass is 10.1. The van der Waals surface area contributed by atoms with Crippen LogP contribution in [0, 0.1) is 11.3 Å². The summed E-state index contributed by atoms with van der Waals surface area (Å²) in [6.45, 7) is 3.58. The van der Waals surface area contributed by atoms with Crippen LogP contribution in [-0.4, -0.2) is 45.5 Å². The van der Waals surface area contributed by atoms with Crippen molar-refractivity contribution in [2.45, 2.75) is 13.3 Å². The van der Waals surface area contributed by atoms with E-state index in [-0.39, 0.29) is 11.8 Å². The quantitative estimate of drug-likeness (QED) is 0.571. The number of pyridine rings is 1. The molecule has 0 spiro atoms. The molecule has 0 aliphatic carbocycles. The third-order valence-electron chi connectivity index (χ3n) is 4.18. The van der Waals surface area contributed by atoms with Crippen molar-refractivity contribution in [2.75, 3.05) is 19.8 Å². The molecule has 8 heteroatoms. The van der Waals surface area contributed by atoms with E-state index in [2.05, 4.69) is 21.5 Å². The van der Waals surface area contributed by atoms with Gasteiger partial charge in [0.05, 0.1) is 35.6 Å². The molecule has 0 unspecified atom stereocenters. The number of ether oxygens (including phenoxy) is 1. The fourth-order valence-electron chi connectivity index (χ4n) is 2.67. The first-order valence-corrected chi connectivity index (χ1v) is 9.24. The largest absolute Gasteiger partial charge is 0.493 e. The molecule has 1 aromatic carbocycles. The minimum Gasteiger partial charge on any atom is -0.493 e. The SMILES string of the molecule is CCCOCCNC(=O)c1ccc(-n2ncc(-c3ccc(C#N)cc3)c2O)nc1. The molecule has 148 valence electrons. The van der Waals surface area contributed by atoms with E-state index >= 15 is 0 Å². The summed E-state index contributed by atoms with van der Waals surface area (Å²) in [7, 11) is 0. The number of benzene rings is 1. The van der Waals surface area contributed by atoms with Gasteiger partial charge < -0.3 is 15.2 Å². The van der Waals surface area contributed by atoms with Crippen molar-refractivity contribution in [1.29, 1.82) is 5.26 Å². The van der Waals surface area contributed by atoms with Gasteiger partial charge in [-0.25, -0.2) is 4.98 Å². The summed E-state index contributed by atoms with van der Waals surface area (Å²) in [5.74, 6) is 0.0600. The van der Waals surface area contributed by atoms with Crippen LogP contribution >= 0.6 is 0 Å². The number of aromatic hydroxyl groups is 1. The highest BCUT2D eigenvalue weighted by atomic mass is 16.5. The summed E-state index contributed by atoms with van der Waals surface area (Å²) in [5.41, 5.74) is 2.19. The van der Waals surface area contributed by atoms with Crippen molar-refractivity contribution in [2.24, 2.45) is 0 Å². The maximum absolute atomic E-state index is 12.1. The summed E-state index contributed by atoms with van der Waals surface area (Å²) in [4.78, 5) is 16.4. The molecule has 0 radical (unpaired) electrons. The summed E-state index contributed by atoms with van der Waals surface area (Å²) < 4.78 is 6.61. The van der Waals surface area contributed by atoms with E-state index in [0.717, 1.165) is 12.0 Å². The van der Waals surface area contributed by atoms with Gasteiger partial charge in [-0.15, -0.1) is 0 Å². The van der Waals surface area contributed by atoms with Gasteiger partial charge in [0.1, 0.15) is 0 Å². The van der Waals surface area contributed by atoms with Crippen LogP contribution in [0.25, 0.3) is 16.9 Å². The Bertz CT molecular complexity index is 1000. The second-order valence-corrected chi connectivity index (χ2v) is 6.26. The fourth-order valence-corrected chi connectivity index (χ4v) is 2.67. The summed E-state index contributed by atoms with van der Waals surface area (Å²) in [6, 6.07) is 12.1. The number of carbonyl (C=O) groups excluding carboxylic acids is 1.